The second-order valence-corrected chi connectivity index (χ2v) is 11.1. The van der Waals surface area contributed by atoms with Crippen molar-refractivity contribution >= 4 is 56.2 Å². The Labute approximate surface area is 225 Å². The van der Waals surface area contributed by atoms with Crippen LogP contribution in [0.2, 0.25) is 0 Å². The first-order valence-corrected chi connectivity index (χ1v) is 13.4. The van der Waals surface area contributed by atoms with E-state index in [-0.39, 0.29) is 24.2 Å². The fraction of sp³-hybridized carbons (Fsp3) is 0.172. The van der Waals surface area contributed by atoms with Crippen molar-refractivity contribution in [3.05, 3.63) is 106 Å². The number of hydrogen-bond acceptors (Lipinski definition) is 5. The zero-order valence-corrected chi connectivity index (χ0v) is 22.3. The lowest BCUT2D eigenvalue weighted by Gasteiger charge is -2.22. The lowest BCUT2D eigenvalue weighted by atomic mass is 9.90. The van der Waals surface area contributed by atoms with Gasteiger partial charge in [-0.1, -0.05) is 72.8 Å². The van der Waals surface area contributed by atoms with Crippen molar-refractivity contribution in [1.82, 2.24) is 9.88 Å². The molecule has 3 heterocycles. The lowest BCUT2D eigenvalue weighted by molar-refractivity contribution is -0.116. The zero-order chi connectivity index (χ0) is 23.8. The minimum atomic E-state index is -0.387. The van der Waals surface area contributed by atoms with E-state index in [0.29, 0.717) is 0 Å². The molecule has 0 radical (unpaired) electrons. The number of halogens is 1. The third kappa shape index (κ3) is 4.70. The van der Waals surface area contributed by atoms with Crippen molar-refractivity contribution in [2.75, 3.05) is 18.9 Å². The molecule has 0 spiro atoms. The number of anilines is 1. The van der Waals surface area contributed by atoms with E-state index in [4.69, 9.17) is 4.98 Å². The van der Waals surface area contributed by atoms with Crippen LogP contribution in [-0.4, -0.2) is 29.4 Å². The molecule has 2 aromatic heterocycles. The topological polar surface area (TPSA) is 45.2 Å². The predicted molar refractivity (Wildman–Crippen MR) is 154 cm³/mol. The molecule has 0 unspecified atom stereocenters. The summed E-state index contributed by atoms with van der Waals surface area (Å²) in [7, 11) is 2.15. The molecule has 36 heavy (non-hydrogen) atoms. The van der Waals surface area contributed by atoms with Gasteiger partial charge in [0.2, 0.25) is 5.91 Å². The van der Waals surface area contributed by atoms with E-state index in [9.17, 15) is 4.79 Å². The van der Waals surface area contributed by atoms with Crippen LogP contribution in [0.15, 0.2) is 84.9 Å². The summed E-state index contributed by atoms with van der Waals surface area (Å²) in [5.74, 6) is -0.404. The number of likely N-dealkylation sites (N-methyl/N-ethyl adjacent to an activating group) is 1. The first kappa shape index (κ1) is 24.7. The Bertz CT molecular complexity index is 1420. The molecule has 7 heteroatoms. The number of carbonyl (C=O) groups excluding carboxylic acids is 1. The zero-order valence-electron chi connectivity index (χ0n) is 19.8. The standard InChI is InChI=1S/C29H25N3OS2.ClH/c1-32-17-16-21-24(18-32)35-29(26(21)28-30-22-14-8-9-15-23(22)34-28)31-27(33)25(19-10-4-2-5-11-19)20-12-6-3-7-13-20;/h2-15,25H,16-18H2,1H3,(H,31,33);1H. The maximum Gasteiger partial charge on any atom is 0.237 e. The van der Waals surface area contributed by atoms with Gasteiger partial charge in [-0.2, -0.15) is 0 Å². The van der Waals surface area contributed by atoms with Gasteiger partial charge in [0.15, 0.2) is 0 Å². The molecule has 0 saturated carbocycles. The van der Waals surface area contributed by atoms with Crippen molar-refractivity contribution in [2.24, 2.45) is 0 Å². The minimum absolute atomic E-state index is 0. The quantitative estimate of drug-likeness (QED) is 0.261. The molecular weight excluding hydrogens is 506 g/mol. The number of aromatic nitrogens is 1. The summed E-state index contributed by atoms with van der Waals surface area (Å²) in [5, 5.41) is 5.24. The Morgan fingerprint density at radius 1 is 0.917 bits per heavy atom. The fourth-order valence-electron chi connectivity index (χ4n) is 4.79. The molecular formula is C29H26ClN3OS2. The van der Waals surface area contributed by atoms with E-state index in [1.54, 1.807) is 22.7 Å². The van der Waals surface area contributed by atoms with Crippen LogP contribution >= 0.6 is 35.1 Å². The van der Waals surface area contributed by atoms with Gasteiger partial charge in [0, 0.05) is 23.5 Å². The molecule has 4 nitrogen and oxygen atoms in total. The second kappa shape index (κ2) is 10.5. The van der Waals surface area contributed by atoms with Crippen LogP contribution in [0.4, 0.5) is 5.00 Å². The number of benzene rings is 3. The highest BCUT2D eigenvalue weighted by molar-refractivity contribution is 7.22. The van der Waals surface area contributed by atoms with Gasteiger partial charge in [0.05, 0.1) is 16.1 Å². The number of hydrogen-bond donors (Lipinski definition) is 1. The molecule has 0 atom stereocenters. The molecule has 3 aromatic carbocycles. The average molecular weight is 532 g/mol. The number of fused-ring (bicyclic) bond motifs is 2. The van der Waals surface area contributed by atoms with Crippen molar-refractivity contribution in [1.29, 1.82) is 0 Å². The fourth-order valence-corrected chi connectivity index (χ4v) is 7.24. The number of thiazole rings is 1. The number of thiophene rings is 1. The molecule has 1 aliphatic rings. The van der Waals surface area contributed by atoms with Crippen LogP contribution < -0.4 is 5.32 Å². The molecule has 1 aliphatic heterocycles. The van der Waals surface area contributed by atoms with Gasteiger partial charge < -0.3 is 10.2 Å². The average Bonchev–Trinajstić information content (AvgIpc) is 3.45. The molecule has 5 aromatic rings. The molecule has 0 saturated heterocycles. The molecule has 1 amide bonds. The molecule has 1 N–H and O–H groups in total. The van der Waals surface area contributed by atoms with Crippen molar-refractivity contribution < 1.29 is 4.79 Å². The van der Waals surface area contributed by atoms with Crippen molar-refractivity contribution in [3.8, 4) is 10.6 Å². The number of para-hydroxylation sites is 1. The lowest BCUT2D eigenvalue weighted by Crippen LogP contribution is -2.25. The van der Waals surface area contributed by atoms with E-state index in [1.807, 2.05) is 66.7 Å². The Kier molecular flexibility index (Phi) is 7.21. The minimum Gasteiger partial charge on any atom is -0.316 e. The summed E-state index contributed by atoms with van der Waals surface area (Å²) in [6, 6.07) is 28.3. The Morgan fingerprint density at radius 3 is 2.22 bits per heavy atom. The summed E-state index contributed by atoms with van der Waals surface area (Å²) in [6.07, 6.45) is 0.963. The predicted octanol–water partition coefficient (Wildman–Crippen LogP) is 7.21. The van der Waals surface area contributed by atoms with Crippen LogP contribution in [0.1, 0.15) is 27.5 Å². The van der Waals surface area contributed by atoms with Gasteiger partial charge in [-0.3, -0.25) is 4.79 Å². The van der Waals surface area contributed by atoms with Crippen LogP contribution in [0.3, 0.4) is 0 Å². The van der Waals surface area contributed by atoms with E-state index in [2.05, 4.69) is 35.5 Å². The smallest absolute Gasteiger partial charge is 0.237 e. The summed E-state index contributed by atoms with van der Waals surface area (Å²) >= 11 is 3.40. The van der Waals surface area contributed by atoms with E-state index in [0.717, 1.165) is 51.7 Å². The van der Waals surface area contributed by atoms with Crippen LogP contribution in [0.5, 0.6) is 0 Å². The van der Waals surface area contributed by atoms with Gasteiger partial charge in [0.25, 0.3) is 0 Å². The molecule has 6 rings (SSSR count). The normalized spacial score (nSPS) is 13.4. The number of amides is 1. The highest BCUT2D eigenvalue weighted by Crippen LogP contribution is 2.46. The SMILES string of the molecule is CN1CCc2c(sc(NC(=O)C(c3ccccc3)c3ccccc3)c2-c2nc3ccccc3s2)C1.Cl. The third-order valence-electron chi connectivity index (χ3n) is 6.52. The van der Waals surface area contributed by atoms with Crippen LogP contribution in [-0.2, 0) is 17.8 Å². The second-order valence-electron chi connectivity index (χ2n) is 8.93. The Hall–Kier alpha value is -3.03. The van der Waals surface area contributed by atoms with Gasteiger partial charge in [-0.05, 0) is 42.3 Å². The summed E-state index contributed by atoms with van der Waals surface area (Å²) in [5.41, 5.74) is 5.41. The summed E-state index contributed by atoms with van der Waals surface area (Å²) in [4.78, 5) is 22.5. The van der Waals surface area contributed by atoms with E-state index in [1.165, 1.54) is 15.1 Å². The largest absolute Gasteiger partial charge is 0.316 e. The monoisotopic (exact) mass is 531 g/mol. The Morgan fingerprint density at radius 2 is 1.56 bits per heavy atom. The Balaban J connectivity index is 0.00000267. The van der Waals surface area contributed by atoms with Gasteiger partial charge in [-0.25, -0.2) is 4.98 Å². The molecule has 0 bridgehead atoms. The maximum atomic E-state index is 13.9. The number of nitrogens with zero attached hydrogens (tertiary/aromatic N) is 2. The number of carbonyl (C=O) groups is 1. The van der Waals surface area contributed by atoms with Crippen molar-refractivity contribution in [3.63, 3.8) is 0 Å². The number of nitrogens with one attached hydrogen (secondary N) is 1. The van der Waals surface area contributed by atoms with Gasteiger partial charge in [-0.15, -0.1) is 35.1 Å². The van der Waals surface area contributed by atoms with Crippen molar-refractivity contribution in [2.45, 2.75) is 18.9 Å². The molecule has 0 fully saturated rings. The third-order valence-corrected chi connectivity index (χ3v) is 8.71. The highest BCUT2D eigenvalue weighted by atomic mass is 35.5. The first-order valence-electron chi connectivity index (χ1n) is 11.8. The van der Waals surface area contributed by atoms with Crippen LogP contribution in [0.25, 0.3) is 20.8 Å². The summed E-state index contributed by atoms with van der Waals surface area (Å²) in [6.45, 7) is 1.90. The summed E-state index contributed by atoms with van der Waals surface area (Å²) < 4.78 is 1.17. The molecule has 182 valence electrons. The van der Waals surface area contributed by atoms with E-state index < -0.39 is 0 Å². The van der Waals surface area contributed by atoms with Gasteiger partial charge in [0.1, 0.15) is 10.0 Å². The van der Waals surface area contributed by atoms with Crippen LogP contribution in [0, 0.1) is 0 Å². The number of rotatable bonds is 5. The maximum absolute atomic E-state index is 13.9. The highest BCUT2D eigenvalue weighted by Gasteiger charge is 2.29. The molecule has 0 aliphatic carbocycles. The first-order chi connectivity index (χ1) is 17.2. The van der Waals surface area contributed by atoms with Gasteiger partial charge >= 0.3 is 0 Å². The van der Waals surface area contributed by atoms with E-state index >= 15 is 0 Å².